The molecule has 1 N–H and O–H groups in total. The molecule has 1 heterocycles. The van der Waals surface area contributed by atoms with E-state index in [4.69, 9.17) is 14.2 Å². The van der Waals surface area contributed by atoms with Crippen molar-refractivity contribution in [3.8, 4) is 17.2 Å². The minimum atomic E-state index is -0.761. The van der Waals surface area contributed by atoms with Gasteiger partial charge < -0.3 is 29.1 Å². The minimum absolute atomic E-state index is 0.0527. The molecule has 1 fully saturated rings. The van der Waals surface area contributed by atoms with Gasteiger partial charge in [-0.2, -0.15) is 0 Å². The molecule has 2 aromatic rings. The van der Waals surface area contributed by atoms with Crippen LogP contribution in [-0.4, -0.2) is 74.1 Å². The number of benzene rings is 2. The molecule has 0 aliphatic carbocycles. The topological polar surface area (TPSA) is 88.5 Å². The van der Waals surface area contributed by atoms with Crippen molar-refractivity contribution in [2.24, 2.45) is 5.92 Å². The van der Waals surface area contributed by atoms with Crippen LogP contribution in [0.25, 0.3) is 5.76 Å². The van der Waals surface area contributed by atoms with Crippen LogP contribution in [0.3, 0.4) is 0 Å². The first-order valence-corrected chi connectivity index (χ1v) is 12.6. The summed E-state index contributed by atoms with van der Waals surface area (Å²) in [5.74, 6) is 0.544. The van der Waals surface area contributed by atoms with E-state index < -0.39 is 17.7 Å². The fraction of sp³-hybridized carbons (Fsp3) is 0.448. The van der Waals surface area contributed by atoms with Gasteiger partial charge in [0.2, 0.25) is 0 Å². The van der Waals surface area contributed by atoms with Gasteiger partial charge in [-0.05, 0) is 81.9 Å². The van der Waals surface area contributed by atoms with Gasteiger partial charge in [0.15, 0.2) is 11.5 Å². The summed E-state index contributed by atoms with van der Waals surface area (Å²) in [5.41, 5.74) is 1.14. The highest BCUT2D eigenvalue weighted by Crippen LogP contribution is 2.42. The molecule has 8 heteroatoms. The molecule has 3 rings (SSSR count). The molecule has 8 nitrogen and oxygen atoms in total. The highest BCUT2D eigenvalue weighted by atomic mass is 16.5. The van der Waals surface area contributed by atoms with Crippen molar-refractivity contribution in [2.45, 2.75) is 33.2 Å². The molecule has 37 heavy (non-hydrogen) atoms. The quantitative estimate of drug-likeness (QED) is 0.255. The van der Waals surface area contributed by atoms with Crippen molar-refractivity contribution in [3.63, 3.8) is 0 Å². The van der Waals surface area contributed by atoms with Gasteiger partial charge in [0.25, 0.3) is 11.7 Å². The Morgan fingerprint density at radius 3 is 2.35 bits per heavy atom. The number of Topliss-reactive ketones (excluding diaryl/α,β-unsaturated/α-hetero) is 1. The zero-order valence-corrected chi connectivity index (χ0v) is 22.6. The largest absolute Gasteiger partial charge is 0.507 e. The number of hydrogen-bond donors (Lipinski definition) is 1. The summed E-state index contributed by atoms with van der Waals surface area (Å²) < 4.78 is 16.9. The van der Waals surface area contributed by atoms with Gasteiger partial charge >= 0.3 is 0 Å². The maximum absolute atomic E-state index is 13.3. The van der Waals surface area contributed by atoms with E-state index in [-0.39, 0.29) is 11.3 Å². The average Bonchev–Trinajstić information content (AvgIpc) is 3.12. The lowest BCUT2D eigenvalue weighted by Crippen LogP contribution is -2.32. The zero-order valence-electron chi connectivity index (χ0n) is 22.6. The van der Waals surface area contributed by atoms with Crippen LogP contribution < -0.4 is 14.2 Å². The third-order valence-corrected chi connectivity index (χ3v) is 6.06. The molecule has 1 atom stereocenters. The van der Waals surface area contributed by atoms with Crippen LogP contribution in [0.15, 0.2) is 48.0 Å². The van der Waals surface area contributed by atoms with Crippen molar-refractivity contribution in [2.75, 3.05) is 47.5 Å². The van der Waals surface area contributed by atoms with Crippen molar-refractivity contribution in [1.29, 1.82) is 0 Å². The first-order chi connectivity index (χ1) is 17.7. The van der Waals surface area contributed by atoms with Gasteiger partial charge in [0.05, 0.1) is 31.9 Å². The number of methoxy groups -OCH3 is 1. The zero-order chi connectivity index (χ0) is 27.1. The Balaban J connectivity index is 2.06. The molecular formula is C29H38N2O6. The number of aliphatic hydroxyl groups is 1. The second-order valence-corrected chi connectivity index (χ2v) is 9.72. The molecule has 200 valence electrons. The molecule has 1 unspecified atom stereocenters. The molecule has 0 bridgehead atoms. The van der Waals surface area contributed by atoms with Gasteiger partial charge in [-0.15, -0.1) is 0 Å². The predicted molar refractivity (Wildman–Crippen MR) is 143 cm³/mol. The monoisotopic (exact) mass is 510 g/mol. The maximum atomic E-state index is 13.3. The number of rotatable bonds is 12. The summed E-state index contributed by atoms with van der Waals surface area (Å²) in [6.45, 7) is 8.16. The molecule has 1 amide bonds. The van der Waals surface area contributed by atoms with Crippen LogP contribution in [0.1, 0.15) is 44.4 Å². The molecule has 2 aromatic carbocycles. The number of carbonyl (C=O) groups is 2. The third kappa shape index (κ3) is 6.63. The van der Waals surface area contributed by atoms with Crippen LogP contribution in [-0.2, 0) is 9.59 Å². The Morgan fingerprint density at radius 2 is 1.76 bits per heavy atom. The molecule has 1 saturated heterocycles. The van der Waals surface area contributed by atoms with Gasteiger partial charge in [-0.25, -0.2) is 0 Å². The Hall–Kier alpha value is -3.52. The summed E-state index contributed by atoms with van der Waals surface area (Å²) in [6.07, 6.45) is 0.673. The van der Waals surface area contributed by atoms with Crippen molar-refractivity contribution in [1.82, 2.24) is 9.80 Å². The number of ether oxygens (including phenoxy) is 3. The summed E-state index contributed by atoms with van der Waals surface area (Å²) in [7, 11) is 5.45. The average molecular weight is 511 g/mol. The number of aliphatic hydroxyl groups excluding tert-OH is 1. The fourth-order valence-electron chi connectivity index (χ4n) is 4.27. The summed E-state index contributed by atoms with van der Waals surface area (Å²) in [4.78, 5) is 30.0. The fourth-order valence-corrected chi connectivity index (χ4v) is 4.27. The molecule has 1 aliphatic rings. The number of amides is 1. The number of likely N-dealkylation sites (tertiary alicyclic amines) is 1. The van der Waals surface area contributed by atoms with Crippen molar-refractivity contribution >= 4 is 17.4 Å². The van der Waals surface area contributed by atoms with E-state index in [1.165, 1.54) is 4.90 Å². The van der Waals surface area contributed by atoms with Gasteiger partial charge in [0.1, 0.15) is 11.5 Å². The molecular weight excluding hydrogens is 472 g/mol. The van der Waals surface area contributed by atoms with E-state index in [1.807, 2.05) is 25.9 Å². The van der Waals surface area contributed by atoms with Gasteiger partial charge in [-0.3, -0.25) is 9.59 Å². The van der Waals surface area contributed by atoms with Crippen LogP contribution in [0.2, 0.25) is 0 Å². The SMILES string of the molecule is CCOc1ccc(C2/C(=C(/O)c3ccc(OCC(C)C)cc3)C(=O)C(=O)N2CCCN(C)C)cc1OC. The Bertz CT molecular complexity index is 1120. The van der Waals surface area contributed by atoms with Crippen LogP contribution >= 0.6 is 0 Å². The lowest BCUT2D eigenvalue weighted by Gasteiger charge is -2.26. The number of carbonyl (C=O) groups excluding carboxylic acids is 2. The second-order valence-electron chi connectivity index (χ2n) is 9.72. The van der Waals surface area contributed by atoms with E-state index in [2.05, 4.69) is 13.8 Å². The predicted octanol–water partition coefficient (Wildman–Crippen LogP) is 4.50. The van der Waals surface area contributed by atoms with Crippen LogP contribution in [0.4, 0.5) is 0 Å². The van der Waals surface area contributed by atoms with E-state index in [1.54, 1.807) is 49.6 Å². The molecule has 0 spiro atoms. The lowest BCUT2D eigenvalue weighted by molar-refractivity contribution is -0.139. The van der Waals surface area contributed by atoms with E-state index in [0.29, 0.717) is 60.5 Å². The van der Waals surface area contributed by atoms with Crippen LogP contribution in [0, 0.1) is 5.92 Å². The Morgan fingerprint density at radius 1 is 1.05 bits per heavy atom. The Kier molecular flexibility index (Phi) is 9.58. The van der Waals surface area contributed by atoms with Crippen molar-refractivity contribution < 1.29 is 28.9 Å². The molecule has 0 saturated carbocycles. The lowest BCUT2D eigenvalue weighted by atomic mass is 9.95. The van der Waals surface area contributed by atoms with Gasteiger partial charge in [0, 0.05) is 12.1 Å². The second kappa shape index (κ2) is 12.6. The molecule has 1 aliphatic heterocycles. The first-order valence-electron chi connectivity index (χ1n) is 12.6. The summed E-state index contributed by atoms with van der Waals surface area (Å²) in [6, 6.07) is 11.5. The standard InChI is InChI=1S/C29H38N2O6/c1-7-36-23-14-11-21(17-24(23)35-6)26-25(28(33)29(34)31(26)16-8-15-30(4)5)27(32)20-9-12-22(13-10-20)37-18-19(2)3/h9-14,17,19,26,32H,7-8,15-16,18H2,1-6H3/b27-25-. The van der Waals surface area contributed by atoms with Crippen molar-refractivity contribution in [3.05, 3.63) is 59.2 Å². The highest BCUT2D eigenvalue weighted by molar-refractivity contribution is 6.46. The maximum Gasteiger partial charge on any atom is 0.295 e. The summed E-state index contributed by atoms with van der Waals surface area (Å²) >= 11 is 0. The van der Waals surface area contributed by atoms with Crippen LogP contribution in [0.5, 0.6) is 17.2 Å². The number of ketones is 1. The third-order valence-electron chi connectivity index (χ3n) is 6.06. The summed E-state index contributed by atoms with van der Waals surface area (Å²) in [5, 5.41) is 11.3. The highest BCUT2D eigenvalue weighted by Gasteiger charge is 2.46. The number of nitrogens with zero attached hydrogens (tertiary/aromatic N) is 2. The number of hydrogen-bond acceptors (Lipinski definition) is 7. The van der Waals surface area contributed by atoms with E-state index in [9.17, 15) is 14.7 Å². The molecule has 0 radical (unpaired) electrons. The smallest absolute Gasteiger partial charge is 0.295 e. The van der Waals surface area contributed by atoms with E-state index in [0.717, 1.165) is 6.54 Å². The normalized spacial score (nSPS) is 17.1. The van der Waals surface area contributed by atoms with Gasteiger partial charge in [-0.1, -0.05) is 19.9 Å². The molecule has 0 aromatic heterocycles. The first kappa shape index (κ1) is 28.1. The minimum Gasteiger partial charge on any atom is -0.507 e. The Labute approximate surface area is 219 Å². The van der Waals surface area contributed by atoms with E-state index >= 15 is 0 Å².